The van der Waals surface area contributed by atoms with Crippen LogP contribution in [0.3, 0.4) is 0 Å². The molecule has 2 amide bonds. The second-order valence-electron chi connectivity index (χ2n) is 5.52. The highest BCUT2D eigenvalue weighted by molar-refractivity contribution is 7.14. The molecule has 6 nitrogen and oxygen atoms in total. The minimum Gasteiger partial charge on any atom is -0.302 e. The Balaban J connectivity index is 1.88. The average molecular weight is 330 g/mol. The van der Waals surface area contributed by atoms with E-state index in [0.717, 1.165) is 25.7 Å². The van der Waals surface area contributed by atoms with Crippen LogP contribution in [-0.4, -0.2) is 27.8 Å². The maximum atomic E-state index is 12.9. The van der Waals surface area contributed by atoms with Crippen molar-refractivity contribution in [2.24, 2.45) is 0 Å². The van der Waals surface area contributed by atoms with Gasteiger partial charge in [0, 0.05) is 24.5 Å². The Morgan fingerprint density at radius 1 is 1.30 bits per heavy atom. The van der Waals surface area contributed by atoms with Crippen LogP contribution in [0.15, 0.2) is 29.8 Å². The lowest BCUT2D eigenvalue weighted by molar-refractivity contribution is -0.114. The van der Waals surface area contributed by atoms with Crippen LogP contribution in [-0.2, 0) is 4.79 Å². The fraction of sp³-hybridized carbons (Fsp3) is 0.375. The van der Waals surface area contributed by atoms with E-state index >= 15 is 0 Å². The van der Waals surface area contributed by atoms with Crippen LogP contribution < -0.4 is 10.2 Å². The molecule has 0 saturated heterocycles. The Morgan fingerprint density at radius 3 is 2.74 bits per heavy atom. The van der Waals surface area contributed by atoms with Gasteiger partial charge >= 0.3 is 0 Å². The van der Waals surface area contributed by atoms with Gasteiger partial charge < -0.3 is 5.32 Å². The predicted octanol–water partition coefficient (Wildman–Crippen LogP) is 3.09. The maximum Gasteiger partial charge on any atom is 0.279 e. The van der Waals surface area contributed by atoms with Crippen LogP contribution in [0.2, 0.25) is 0 Å². The molecule has 0 radical (unpaired) electrons. The zero-order valence-electron chi connectivity index (χ0n) is 12.9. The summed E-state index contributed by atoms with van der Waals surface area (Å²) < 4.78 is 0. The van der Waals surface area contributed by atoms with E-state index in [9.17, 15) is 9.59 Å². The summed E-state index contributed by atoms with van der Waals surface area (Å²) in [4.78, 5) is 34.4. The molecule has 0 bridgehead atoms. The van der Waals surface area contributed by atoms with Gasteiger partial charge in [-0.25, -0.2) is 9.97 Å². The molecule has 2 aromatic heterocycles. The zero-order valence-corrected chi connectivity index (χ0v) is 13.7. The molecule has 0 unspecified atom stereocenters. The number of pyridine rings is 1. The lowest BCUT2D eigenvalue weighted by Crippen LogP contribution is -2.39. The van der Waals surface area contributed by atoms with Gasteiger partial charge in [0.2, 0.25) is 5.91 Å². The Hall–Kier alpha value is -2.28. The lowest BCUT2D eigenvalue weighted by atomic mass is 10.2. The molecule has 1 saturated carbocycles. The van der Waals surface area contributed by atoms with Crippen molar-refractivity contribution in [3.05, 3.63) is 35.5 Å². The number of rotatable bonds is 4. The number of aromatic nitrogens is 2. The first-order valence-corrected chi connectivity index (χ1v) is 8.51. The molecule has 3 rings (SSSR count). The summed E-state index contributed by atoms with van der Waals surface area (Å²) in [7, 11) is 0. The van der Waals surface area contributed by atoms with Crippen molar-refractivity contribution in [1.82, 2.24) is 9.97 Å². The number of carbonyl (C=O) groups excluding carboxylic acids is 2. The number of amides is 2. The van der Waals surface area contributed by atoms with Gasteiger partial charge in [-0.2, -0.15) is 0 Å². The number of nitrogens with zero attached hydrogens (tertiary/aromatic N) is 3. The number of carbonyl (C=O) groups is 2. The largest absolute Gasteiger partial charge is 0.302 e. The number of hydrogen-bond donors (Lipinski definition) is 1. The van der Waals surface area contributed by atoms with Crippen LogP contribution in [0, 0.1) is 0 Å². The van der Waals surface area contributed by atoms with Crippen molar-refractivity contribution < 1.29 is 9.59 Å². The van der Waals surface area contributed by atoms with Gasteiger partial charge in [-0.1, -0.05) is 18.9 Å². The lowest BCUT2D eigenvalue weighted by Gasteiger charge is -2.27. The van der Waals surface area contributed by atoms with Gasteiger partial charge in [-0.15, -0.1) is 11.3 Å². The summed E-state index contributed by atoms with van der Waals surface area (Å²) in [5.74, 6) is 0.289. The molecule has 1 aliphatic carbocycles. The van der Waals surface area contributed by atoms with Crippen molar-refractivity contribution in [1.29, 1.82) is 0 Å². The Bertz CT molecular complexity index is 695. The smallest absolute Gasteiger partial charge is 0.279 e. The Morgan fingerprint density at radius 2 is 2.09 bits per heavy atom. The van der Waals surface area contributed by atoms with E-state index in [1.807, 2.05) is 18.2 Å². The molecular weight excluding hydrogens is 312 g/mol. The molecule has 0 spiro atoms. The highest BCUT2D eigenvalue weighted by atomic mass is 32.1. The van der Waals surface area contributed by atoms with Gasteiger partial charge in [-0.3, -0.25) is 14.5 Å². The van der Waals surface area contributed by atoms with Gasteiger partial charge in [0.1, 0.15) is 11.5 Å². The monoisotopic (exact) mass is 330 g/mol. The molecule has 2 heterocycles. The third kappa shape index (κ3) is 3.56. The summed E-state index contributed by atoms with van der Waals surface area (Å²) in [6.07, 6.45) is 5.88. The van der Waals surface area contributed by atoms with Gasteiger partial charge in [0.05, 0.1) is 0 Å². The molecule has 1 fully saturated rings. The van der Waals surface area contributed by atoms with E-state index in [-0.39, 0.29) is 17.9 Å². The Kier molecular flexibility index (Phi) is 4.66. The normalized spacial score (nSPS) is 14.7. The molecule has 0 atom stereocenters. The quantitative estimate of drug-likeness (QED) is 0.935. The number of hydrogen-bond acceptors (Lipinski definition) is 5. The van der Waals surface area contributed by atoms with Gasteiger partial charge in [0.15, 0.2) is 5.13 Å². The van der Waals surface area contributed by atoms with E-state index < -0.39 is 0 Å². The van der Waals surface area contributed by atoms with Crippen LogP contribution in [0.1, 0.15) is 43.1 Å². The highest BCUT2D eigenvalue weighted by Gasteiger charge is 2.30. The summed E-state index contributed by atoms with van der Waals surface area (Å²) >= 11 is 1.25. The number of anilines is 2. The number of nitrogens with one attached hydrogen (secondary N) is 1. The molecule has 1 N–H and O–H groups in total. The molecular formula is C16H18N4O2S. The van der Waals surface area contributed by atoms with Crippen molar-refractivity contribution in [2.45, 2.75) is 38.6 Å². The van der Waals surface area contributed by atoms with Crippen LogP contribution >= 0.6 is 11.3 Å². The third-order valence-electron chi connectivity index (χ3n) is 3.81. The van der Waals surface area contributed by atoms with E-state index in [1.54, 1.807) is 16.5 Å². The third-order valence-corrected chi connectivity index (χ3v) is 4.57. The predicted molar refractivity (Wildman–Crippen MR) is 89.7 cm³/mol. The van der Waals surface area contributed by atoms with E-state index in [1.165, 1.54) is 18.3 Å². The topological polar surface area (TPSA) is 75.2 Å². The van der Waals surface area contributed by atoms with Gasteiger partial charge in [-0.05, 0) is 25.0 Å². The summed E-state index contributed by atoms with van der Waals surface area (Å²) in [5.41, 5.74) is 0.344. The van der Waals surface area contributed by atoms with Crippen molar-refractivity contribution in [2.75, 3.05) is 10.2 Å². The fourth-order valence-corrected chi connectivity index (χ4v) is 3.55. The van der Waals surface area contributed by atoms with Crippen molar-refractivity contribution in [3.63, 3.8) is 0 Å². The molecule has 23 heavy (non-hydrogen) atoms. The number of thiazole rings is 1. The standard InChI is InChI=1S/C16H18N4O2S/c1-11(21)18-16-19-13(10-23-16)15(22)20(12-6-2-3-7-12)14-8-4-5-9-17-14/h4-5,8-10,12H,2-3,6-7H2,1H3,(H,18,19,21). The first-order chi connectivity index (χ1) is 11.1. The fourth-order valence-electron chi connectivity index (χ4n) is 2.82. The molecule has 7 heteroatoms. The molecule has 1 aliphatic rings. The van der Waals surface area contributed by atoms with Crippen LogP contribution in [0.4, 0.5) is 10.9 Å². The second kappa shape index (κ2) is 6.87. The minimum absolute atomic E-state index is 0.156. The Labute approximate surface area is 138 Å². The molecule has 0 aromatic carbocycles. The second-order valence-corrected chi connectivity index (χ2v) is 6.38. The maximum absolute atomic E-state index is 12.9. The van der Waals surface area contributed by atoms with Crippen molar-refractivity contribution in [3.8, 4) is 0 Å². The first kappa shape index (κ1) is 15.6. The summed E-state index contributed by atoms with van der Waals surface area (Å²) in [5, 5.41) is 4.73. The SMILES string of the molecule is CC(=O)Nc1nc(C(=O)N(c2ccccn2)C2CCCC2)cs1. The summed E-state index contributed by atoms with van der Waals surface area (Å²) in [6.45, 7) is 1.42. The summed E-state index contributed by atoms with van der Waals surface area (Å²) in [6, 6.07) is 5.71. The minimum atomic E-state index is -0.198. The zero-order chi connectivity index (χ0) is 16.2. The molecule has 2 aromatic rings. The average Bonchev–Trinajstić information content (AvgIpc) is 3.20. The molecule has 0 aliphatic heterocycles. The van der Waals surface area contributed by atoms with Crippen LogP contribution in [0.25, 0.3) is 0 Å². The first-order valence-electron chi connectivity index (χ1n) is 7.63. The van der Waals surface area contributed by atoms with Crippen LogP contribution in [0.5, 0.6) is 0 Å². The van der Waals surface area contributed by atoms with Crippen molar-refractivity contribution >= 4 is 34.1 Å². The van der Waals surface area contributed by atoms with E-state index in [4.69, 9.17) is 0 Å². The highest BCUT2D eigenvalue weighted by Crippen LogP contribution is 2.29. The van der Waals surface area contributed by atoms with Gasteiger partial charge in [0.25, 0.3) is 5.91 Å². The van der Waals surface area contributed by atoms with E-state index in [2.05, 4.69) is 15.3 Å². The molecule has 120 valence electrons. The van der Waals surface area contributed by atoms with E-state index in [0.29, 0.717) is 16.6 Å².